The van der Waals surface area contributed by atoms with Gasteiger partial charge in [0.1, 0.15) is 55.4 Å². The lowest BCUT2D eigenvalue weighted by atomic mass is 9.43. The van der Waals surface area contributed by atoms with Gasteiger partial charge in [-0.05, 0) is 94.5 Å². The third kappa shape index (κ3) is 9.59. The highest BCUT2D eigenvalue weighted by atomic mass is 16.8. The molecule has 0 aromatic rings. The zero-order valence-electron chi connectivity index (χ0n) is 40.5. The van der Waals surface area contributed by atoms with Crippen LogP contribution < -0.4 is 0 Å². The molecule has 20 heteroatoms. The summed E-state index contributed by atoms with van der Waals surface area (Å²) in [5.41, 5.74) is -0.809. The molecule has 0 spiro atoms. The van der Waals surface area contributed by atoms with Crippen molar-refractivity contribution in [3.05, 3.63) is 11.6 Å². The summed E-state index contributed by atoms with van der Waals surface area (Å²) in [5.74, 6) is -0.609. The second kappa shape index (κ2) is 20.0. The van der Waals surface area contributed by atoms with Gasteiger partial charge < -0.3 is 88.2 Å². The van der Waals surface area contributed by atoms with Crippen LogP contribution in [-0.2, 0) is 57.0 Å². The molecule has 9 aliphatic rings. The van der Waals surface area contributed by atoms with E-state index in [2.05, 4.69) is 13.8 Å². The second-order valence-corrected chi connectivity index (χ2v) is 22.3. The molecule has 4 saturated heterocycles. The fraction of sp³-hybridized carbons (Fsp3) is 0.918. The Morgan fingerprint density at radius 1 is 0.710 bits per heavy atom. The van der Waals surface area contributed by atoms with Crippen molar-refractivity contribution in [2.24, 2.45) is 34.5 Å². The number of aliphatic hydroxyl groups is 8. The van der Waals surface area contributed by atoms with Crippen molar-refractivity contribution < 1.29 is 97.8 Å². The fourth-order valence-electron chi connectivity index (χ4n) is 14.7. The van der Waals surface area contributed by atoms with Crippen molar-refractivity contribution >= 4 is 11.9 Å². The van der Waals surface area contributed by atoms with Crippen LogP contribution in [0.15, 0.2) is 11.6 Å². The number of carbonyl (C=O) groups is 2. The Bertz CT molecular complexity index is 1850. The van der Waals surface area contributed by atoms with E-state index in [0.717, 1.165) is 50.5 Å². The number of rotatable bonds is 11. The van der Waals surface area contributed by atoms with E-state index in [0.29, 0.717) is 18.3 Å². The smallest absolute Gasteiger partial charge is 0.331 e. The summed E-state index contributed by atoms with van der Waals surface area (Å²) >= 11 is 0. The van der Waals surface area contributed by atoms with Gasteiger partial charge >= 0.3 is 11.9 Å². The first-order valence-corrected chi connectivity index (χ1v) is 25.3. The van der Waals surface area contributed by atoms with E-state index in [4.69, 9.17) is 47.4 Å². The number of fused-ring (bicyclic) bond motifs is 5. The number of esters is 2. The number of hydrogen-bond donors (Lipinski definition) is 8. The van der Waals surface area contributed by atoms with Crippen molar-refractivity contribution in [3.63, 3.8) is 0 Å². The molecule has 26 atom stereocenters. The maximum Gasteiger partial charge on any atom is 0.331 e. The largest absolute Gasteiger partial charge is 0.459 e. The Morgan fingerprint density at radius 3 is 1.93 bits per heavy atom. The highest BCUT2D eigenvalue weighted by Gasteiger charge is 2.70. The van der Waals surface area contributed by atoms with Crippen LogP contribution in [0, 0.1) is 34.5 Å². The Balaban J connectivity index is 0.749. The molecule has 20 nitrogen and oxygen atoms in total. The SMILES string of the molecule is CC(=O)OC1CC(OC2C(O)CC(OC3C(O)CC(OC4CCC5(C)C(CCC6[C@@H]5CCC5(C)C(C7=CC(=O)OC7)C(O)CC65O)C4)OC3C)OC2C)OC(C)C1OC1OC(CO)C(O)C(O)C1O. The summed E-state index contributed by atoms with van der Waals surface area (Å²) in [6.45, 7) is 10.4. The standard InChI is InChI=1S/C49H76O20/c1-21-43(67-37-16-31(53)44(22(2)62-37)68-38-17-33(64-24(4)51)45(23(3)63-38)69-46-42(58)41(57)40(56)34(19-50)66-46)30(52)15-36(61-21)65-27-9-11-47(5)26(14-27)7-8-29-28(47)10-12-48(6)39(25-13-35(55)60-20-25)32(54)18-49(29,48)59/h13,21-23,26-34,36-46,50,52-54,56-59H,7-12,14-20H2,1-6H3/t21?,22?,23?,26?,27?,28-,29?,30?,31?,32?,33?,34?,36?,37?,38?,39?,40?,41?,42?,43?,44?,45?,46?,47?,48?,49?/m0/s1. The minimum atomic E-state index is -1.68. The Kier molecular flexibility index (Phi) is 15.1. The zero-order chi connectivity index (χ0) is 49.5. The van der Waals surface area contributed by atoms with Gasteiger partial charge in [-0.1, -0.05) is 13.8 Å². The average Bonchev–Trinajstić information content (AvgIpc) is 3.79. The number of cyclic esters (lactones) is 1. The Labute approximate surface area is 402 Å². The first-order chi connectivity index (χ1) is 32.6. The molecule has 5 heterocycles. The molecule has 8 fully saturated rings. The summed E-state index contributed by atoms with van der Waals surface area (Å²) in [6.07, 6.45) is -10.8. The topological polar surface area (TPSA) is 288 Å². The third-order valence-corrected chi connectivity index (χ3v) is 18.2. The molecule has 0 radical (unpaired) electrons. The molecule has 69 heavy (non-hydrogen) atoms. The maximum atomic E-state index is 12.6. The minimum absolute atomic E-state index is 0.000687. The van der Waals surface area contributed by atoms with Gasteiger partial charge in [-0.2, -0.15) is 0 Å². The Morgan fingerprint density at radius 2 is 1.33 bits per heavy atom. The Hall–Kier alpha value is -1.96. The van der Waals surface area contributed by atoms with E-state index in [-0.39, 0.29) is 55.2 Å². The lowest BCUT2D eigenvalue weighted by molar-refractivity contribution is -0.355. The molecular weight excluding hydrogens is 909 g/mol. The van der Waals surface area contributed by atoms with Gasteiger partial charge in [0.2, 0.25) is 0 Å². The van der Waals surface area contributed by atoms with Crippen LogP contribution >= 0.6 is 0 Å². The molecule has 4 saturated carbocycles. The van der Waals surface area contributed by atoms with Crippen LogP contribution in [0.4, 0.5) is 0 Å². The van der Waals surface area contributed by atoms with Crippen LogP contribution in [0.5, 0.6) is 0 Å². The predicted octanol–water partition coefficient (Wildman–Crippen LogP) is 0.613. The van der Waals surface area contributed by atoms with Gasteiger partial charge in [-0.25, -0.2) is 4.79 Å². The average molecular weight is 985 g/mol. The van der Waals surface area contributed by atoms with Gasteiger partial charge in [0.25, 0.3) is 0 Å². The van der Waals surface area contributed by atoms with Crippen molar-refractivity contribution in [2.45, 2.75) is 234 Å². The normalized spacial score (nSPS) is 53.3. The molecule has 5 aliphatic heterocycles. The van der Waals surface area contributed by atoms with Crippen LogP contribution in [0.1, 0.15) is 112 Å². The van der Waals surface area contributed by atoms with Crippen LogP contribution in [0.25, 0.3) is 0 Å². The molecule has 9 rings (SSSR count). The number of aliphatic hydroxyl groups excluding tert-OH is 7. The quantitative estimate of drug-likeness (QED) is 0.104. The van der Waals surface area contributed by atoms with E-state index in [1.165, 1.54) is 13.0 Å². The molecule has 25 unspecified atom stereocenters. The first kappa shape index (κ1) is 51.9. The van der Waals surface area contributed by atoms with E-state index < -0.39 is 134 Å². The van der Waals surface area contributed by atoms with Crippen molar-refractivity contribution in [1.29, 1.82) is 0 Å². The summed E-state index contributed by atoms with van der Waals surface area (Å²) in [4.78, 5) is 24.2. The summed E-state index contributed by atoms with van der Waals surface area (Å²) in [6, 6.07) is 0. The minimum Gasteiger partial charge on any atom is -0.459 e. The van der Waals surface area contributed by atoms with Gasteiger partial charge in [0.05, 0.1) is 54.9 Å². The lowest BCUT2D eigenvalue weighted by Crippen LogP contribution is -2.62. The van der Waals surface area contributed by atoms with Crippen molar-refractivity contribution in [3.8, 4) is 0 Å². The number of hydrogen-bond acceptors (Lipinski definition) is 20. The highest BCUT2D eigenvalue weighted by Crippen LogP contribution is 2.70. The van der Waals surface area contributed by atoms with E-state index in [1.54, 1.807) is 13.8 Å². The summed E-state index contributed by atoms with van der Waals surface area (Å²) in [5, 5.41) is 87.5. The lowest BCUT2D eigenvalue weighted by Gasteiger charge is -2.63. The van der Waals surface area contributed by atoms with Crippen molar-refractivity contribution in [1.82, 2.24) is 0 Å². The van der Waals surface area contributed by atoms with E-state index in [1.807, 2.05) is 6.92 Å². The molecule has 392 valence electrons. The number of ether oxygens (including phenoxy) is 10. The second-order valence-electron chi connectivity index (χ2n) is 22.3. The summed E-state index contributed by atoms with van der Waals surface area (Å²) < 4.78 is 60.1. The van der Waals surface area contributed by atoms with Gasteiger partial charge in [-0.3, -0.25) is 4.79 Å². The van der Waals surface area contributed by atoms with Gasteiger partial charge in [0, 0.05) is 50.0 Å². The summed E-state index contributed by atoms with van der Waals surface area (Å²) in [7, 11) is 0. The molecule has 0 aromatic carbocycles. The molecule has 0 amide bonds. The van der Waals surface area contributed by atoms with Gasteiger partial charge in [-0.15, -0.1) is 0 Å². The molecular formula is C49H76O20. The van der Waals surface area contributed by atoms with Gasteiger partial charge in [0.15, 0.2) is 25.2 Å². The van der Waals surface area contributed by atoms with Crippen molar-refractivity contribution in [2.75, 3.05) is 13.2 Å². The highest BCUT2D eigenvalue weighted by molar-refractivity contribution is 5.85. The molecule has 0 bridgehead atoms. The van der Waals surface area contributed by atoms with E-state index in [9.17, 15) is 50.4 Å². The van der Waals surface area contributed by atoms with Crippen LogP contribution in [-0.4, -0.2) is 188 Å². The molecule has 4 aliphatic carbocycles. The zero-order valence-corrected chi connectivity index (χ0v) is 40.5. The van der Waals surface area contributed by atoms with Crippen LogP contribution in [0.2, 0.25) is 0 Å². The van der Waals surface area contributed by atoms with E-state index >= 15 is 0 Å². The third-order valence-electron chi connectivity index (χ3n) is 18.2. The molecule has 0 aromatic heterocycles. The number of carbonyl (C=O) groups excluding carboxylic acids is 2. The predicted molar refractivity (Wildman–Crippen MR) is 235 cm³/mol. The first-order valence-electron chi connectivity index (χ1n) is 25.3. The molecule has 8 N–H and O–H groups in total. The monoisotopic (exact) mass is 984 g/mol. The fourth-order valence-corrected chi connectivity index (χ4v) is 14.7. The van der Waals surface area contributed by atoms with Crippen LogP contribution in [0.3, 0.4) is 0 Å². The maximum absolute atomic E-state index is 12.6.